The zero-order valence-corrected chi connectivity index (χ0v) is 11.6. The van der Waals surface area contributed by atoms with Crippen LogP contribution in [-0.4, -0.2) is 13.4 Å². The smallest absolute Gasteiger partial charge is 0.239 e. The van der Waals surface area contributed by atoms with E-state index >= 15 is 0 Å². The van der Waals surface area contributed by atoms with E-state index in [1.54, 1.807) is 0 Å². The monoisotopic (exact) mass is 290 g/mol. The van der Waals surface area contributed by atoms with Crippen LogP contribution in [0, 0.1) is 0 Å². The molecule has 1 aromatic carbocycles. The molecule has 0 atom stereocenters. The van der Waals surface area contributed by atoms with Crippen LogP contribution in [0.5, 0.6) is 11.6 Å². The van der Waals surface area contributed by atoms with E-state index in [1.807, 2.05) is 12.1 Å². The van der Waals surface area contributed by atoms with Gasteiger partial charge in [0.2, 0.25) is 15.9 Å². The molecule has 0 spiro atoms. The molecule has 104 valence electrons. The average Bonchev–Trinajstić information content (AvgIpc) is 2.86. The van der Waals surface area contributed by atoms with Crippen LogP contribution in [0.2, 0.25) is 0 Å². The van der Waals surface area contributed by atoms with Crippen LogP contribution in [0.15, 0.2) is 41.4 Å². The molecular weight excluding hydrogens is 276 g/mol. The van der Waals surface area contributed by atoms with Crippen molar-refractivity contribution in [1.29, 1.82) is 0 Å². The third-order valence-corrected chi connectivity index (χ3v) is 4.23. The molecule has 0 fully saturated rings. The molecule has 5 nitrogen and oxygen atoms in total. The van der Waals surface area contributed by atoms with Gasteiger partial charge < -0.3 is 4.74 Å². The molecule has 0 unspecified atom stereocenters. The number of nitrogens with zero attached hydrogens (tertiary/aromatic N) is 1. The molecule has 0 saturated heterocycles. The second-order valence-corrected chi connectivity index (χ2v) is 6.32. The summed E-state index contributed by atoms with van der Waals surface area (Å²) in [5.74, 6) is 1.05. The number of aromatic nitrogens is 1. The highest BCUT2D eigenvalue weighted by Gasteiger charge is 2.12. The van der Waals surface area contributed by atoms with Crippen LogP contribution < -0.4 is 9.88 Å². The van der Waals surface area contributed by atoms with Gasteiger partial charge in [0, 0.05) is 6.07 Å². The second kappa shape index (κ2) is 4.88. The third-order valence-electron chi connectivity index (χ3n) is 3.33. The fourth-order valence-corrected chi connectivity index (χ4v) is 2.79. The van der Waals surface area contributed by atoms with Crippen molar-refractivity contribution >= 4 is 10.0 Å². The molecule has 1 aliphatic carbocycles. The van der Waals surface area contributed by atoms with E-state index in [1.165, 1.54) is 35.9 Å². The van der Waals surface area contributed by atoms with Crippen molar-refractivity contribution < 1.29 is 13.2 Å². The Morgan fingerprint density at radius 3 is 2.60 bits per heavy atom. The lowest BCUT2D eigenvalue weighted by molar-refractivity contribution is 0.461. The van der Waals surface area contributed by atoms with Crippen LogP contribution in [0.3, 0.4) is 0 Å². The Bertz CT molecular complexity index is 740. The highest BCUT2D eigenvalue weighted by molar-refractivity contribution is 7.89. The number of hydrogen-bond donors (Lipinski definition) is 1. The molecule has 2 aromatic rings. The summed E-state index contributed by atoms with van der Waals surface area (Å²) >= 11 is 0. The van der Waals surface area contributed by atoms with Crippen LogP contribution in [0.4, 0.5) is 0 Å². The molecule has 1 heterocycles. The van der Waals surface area contributed by atoms with E-state index in [4.69, 9.17) is 9.88 Å². The summed E-state index contributed by atoms with van der Waals surface area (Å²) in [6, 6.07) is 8.85. The number of pyridine rings is 1. The molecular formula is C14H14N2O3S. The predicted molar refractivity (Wildman–Crippen MR) is 74.2 cm³/mol. The first-order chi connectivity index (χ1) is 9.52. The van der Waals surface area contributed by atoms with E-state index in [-0.39, 0.29) is 4.90 Å². The first kappa shape index (κ1) is 13.1. The number of benzene rings is 1. The van der Waals surface area contributed by atoms with Crippen LogP contribution in [-0.2, 0) is 22.9 Å². The minimum Gasteiger partial charge on any atom is -0.439 e. The minimum atomic E-state index is -3.72. The lowest BCUT2D eigenvalue weighted by atomic mass is 10.1. The van der Waals surface area contributed by atoms with Gasteiger partial charge in [0.15, 0.2) is 0 Å². The maximum absolute atomic E-state index is 11.1. The number of rotatable bonds is 3. The first-order valence-electron chi connectivity index (χ1n) is 6.31. The fraction of sp³-hybridized carbons (Fsp3) is 0.214. The second-order valence-electron chi connectivity index (χ2n) is 4.76. The maximum Gasteiger partial charge on any atom is 0.239 e. The summed E-state index contributed by atoms with van der Waals surface area (Å²) in [4.78, 5) is 3.92. The molecule has 20 heavy (non-hydrogen) atoms. The number of aryl methyl sites for hydroxylation is 2. The molecule has 2 N–H and O–H groups in total. The third kappa shape index (κ3) is 2.66. The lowest BCUT2D eigenvalue weighted by Crippen LogP contribution is -2.12. The van der Waals surface area contributed by atoms with Gasteiger partial charge in [0.1, 0.15) is 10.6 Å². The number of fused-ring (bicyclic) bond motifs is 1. The molecule has 0 bridgehead atoms. The van der Waals surface area contributed by atoms with Gasteiger partial charge in [0.25, 0.3) is 0 Å². The molecule has 0 saturated carbocycles. The SMILES string of the molecule is NS(=O)(=O)c1ccc(Oc2ccc3c(c2)CCC3)nc1. The maximum atomic E-state index is 11.1. The summed E-state index contributed by atoms with van der Waals surface area (Å²) in [5, 5.41) is 5.01. The standard InChI is InChI=1S/C14H14N2O3S/c15-20(17,18)13-6-7-14(16-9-13)19-12-5-4-10-2-1-3-11(10)8-12/h4-9H,1-3H2,(H2,15,17,18). The zero-order chi connectivity index (χ0) is 14.2. The summed E-state index contributed by atoms with van der Waals surface area (Å²) < 4.78 is 27.9. The van der Waals surface area contributed by atoms with Gasteiger partial charge in [-0.15, -0.1) is 0 Å². The molecule has 3 rings (SSSR count). The van der Waals surface area contributed by atoms with Crippen molar-refractivity contribution in [3.8, 4) is 11.6 Å². The van der Waals surface area contributed by atoms with Gasteiger partial charge in [-0.05, 0) is 48.6 Å². The Labute approximate surface area is 117 Å². The lowest BCUT2D eigenvalue weighted by Gasteiger charge is -2.07. The molecule has 0 radical (unpaired) electrons. The van der Waals surface area contributed by atoms with E-state index in [9.17, 15) is 8.42 Å². The summed E-state index contributed by atoms with van der Waals surface area (Å²) in [6.07, 6.45) is 4.57. The molecule has 0 amide bonds. The predicted octanol–water partition coefficient (Wildman–Crippen LogP) is 2.01. The van der Waals surface area contributed by atoms with Crippen LogP contribution in [0.25, 0.3) is 0 Å². The Morgan fingerprint density at radius 2 is 1.90 bits per heavy atom. The fourth-order valence-electron chi connectivity index (χ4n) is 2.33. The summed E-state index contributed by atoms with van der Waals surface area (Å²) in [7, 11) is -3.72. The molecule has 6 heteroatoms. The number of ether oxygens (including phenoxy) is 1. The number of nitrogens with two attached hydrogens (primary N) is 1. The highest BCUT2D eigenvalue weighted by Crippen LogP contribution is 2.28. The zero-order valence-electron chi connectivity index (χ0n) is 10.7. The van der Waals surface area contributed by atoms with E-state index < -0.39 is 10.0 Å². The van der Waals surface area contributed by atoms with Gasteiger partial charge >= 0.3 is 0 Å². The van der Waals surface area contributed by atoms with E-state index in [0.29, 0.717) is 11.6 Å². The highest BCUT2D eigenvalue weighted by atomic mass is 32.2. The number of primary sulfonamides is 1. The van der Waals surface area contributed by atoms with Crippen LogP contribution in [0.1, 0.15) is 17.5 Å². The van der Waals surface area contributed by atoms with Gasteiger partial charge in [0.05, 0.1) is 6.20 Å². The minimum absolute atomic E-state index is 0.0289. The quantitative estimate of drug-likeness (QED) is 0.937. The topological polar surface area (TPSA) is 82.3 Å². The normalized spacial score (nSPS) is 14.1. The molecule has 1 aliphatic rings. The van der Waals surface area contributed by atoms with Gasteiger partial charge in [-0.2, -0.15) is 0 Å². The Morgan fingerprint density at radius 1 is 1.10 bits per heavy atom. The van der Waals surface area contributed by atoms with Crippen molar-refractivity contribution in [1.82, 2.24) is 4.98 Å². The Hall–Kier alpha value is -1.92. The van der Waals surface area contributed by atoms with Crippen molar-refractivity contribution in [2.75, 3.05) is 0 Å². The largest absolute Gasteiger partial charge is 0.439 e. The number of hydrogen-bond acceptors (Lipinski definition) is 4. The first-order valence-corrected chi connectivity index (χ1v) is 7.85. The Kier molecular flexibility index (Phi) is 3.19. The van der Waals surface area contributed by atoms with E-state index in [0.717, 1.165) is 12.8 Å². The van der Waals surface area contributed by atoms with E-state index in [2.05, 4.69) is 11.1 Å². The van der Waals surface area contributed by atoms with Gasteiger partial charge in [-0.1, -0.05) is 6.07 Å². The summed E-state index contributed by atoms with van der Waals surface area (Å²) in [6.45, 7) is 0. The van der Waals surface area contributed by atoms with Crippen molar-refractivity contribution in [2.24, 2.45) is 5.14 Å². The van der Waals surface area contributed by atoms with Crippen molar-refractivity contribution in [2.45, 2.75) is 24.2 Å². The van der Waals surface area contributed by atoms with Gasteiger partial charge in [-0.25, -0.2) is 18.5 Å². The van der Waals surface area contributed by atoms with Crippen molar-refractivity contribution in [3.05, 3.63) is 47.7 Å². The Balaban J connectivity index is 1.81. The molecule has 1 aromatic heterocycles. The van der Waals surface area contributed by atoms with Crippen molar-refractivity contribution in [3.63, 3.8) is 0 Å². The number of sulfonamides is 1. The molecule has 0 aliphatic heterocycles. The van der Waals surface area contributed by atoms with Gasteiger partial charge in [-0.3, -0.25) is 0 Å². The summed E-state index contributed by atoms with van der Waals surface area (Å²) in [5.41, 5.74) is 2.68. The van der Waals surface area contributed by atoms with Crippen LogP contribution >= 0.6 is 0 Å². The average molecular weight is 290 g/mol.